The molecule has 1 amide bonds. The normalized spacial score (nSPS) is 14.7. The Bertz CT molecular complexity index is 507. The van der Waals surface area contributed by atoms with Crippen molar-refractivity contribution in [3.8, 4) is 0 Å². The summed E-state index contributed by atoms with van der Waals surface area (Å²) >= 11 is 1.06. The third-order valence-corrected chi connectivity index (χ3v) is 3.27. The molecule has 1 N–H and O–H groups in total. The predicted octanol–water partition coefficient (Wildman–Crippen LogP) is 1.49. The molecule has 0 aromatic heterocycles. The van der Waals surface area contributed by atoms with E-state index in [0.717, 1.165) is 28.8 Å². The lowest BCUT2D eigenvalue weighted by Gasteiger charge is -2.27. The van der Waals surface area contributed by atoms with Crippen molar-refractivity contribution in [1.29, 1.82) is 0 Å². The quantitative estimate of drug-likeness (QED) is 0.874. The number of fused-ring (bicyclic) bond motifs is 1. The van der Waals surface area contributed by atoms with Crippen molar-refractivity contribution in [2.24, 2.45) is 0 Å². The average Bonchev–Trinajstić information content (AvgIpc) is 2.25. The van der Waals surface area contributed by atoms with Crippen LogP contribution in [0.1, 0.15) is 0 Å². The van der Waals surface area contributed by atoms with E-state index in [4.69, 9.17) is 5.11 Å². The minimum absolute atomic E-state index is 0.0192. The molecule has 0 bridgehead atoms. The van der Waals surface area contributed by atoms with E-state index in [1.807, 2.05) is 0 Å². The number of benzene rings is 1. The van der Waals surface area contributed by atoms with E-state index in [0.29, 0.717) is 4.90 Å². The van der Waals surface area contributed by atoms with Gasteiger partial charge < -0.3 is 5.11 Å². The lowest BCUT2D eigenvalue weighted by Crippen LogP contribution is -2.39. The zero-order chi connectivity index (χ0) is 12.6. The molecule has 1 heterocycles. The Kier molecular flexibility index (Phi) is 3.01. The summed E-state index contributed by atoms with van der Waals surface area (Å²) in [4.78, 5) is 23.4. The monoisotopic (exact) mass is 259 g/mol. The lowest BCUT2D eigenvalue weighted by atomic mass is 10.2. The van der Waals surface area contributed by atoms with Gasteiger partial charge in [-0.3, -0.25) is 14.5 Å². The van der Waals surface area contributed by atoms with Gasteiger partial charge in [-0.25, -0.2) is 8.78 Å². The molecule has 2 rings (SSSR count). The van der Waals surface area contributed by atoms with Crippen molar-refractivity contribution >= 4 is 29.3 Å². The molecular weight excluding hydrogens is 252 g/mol. The molecule has 0 atom stereocenters. The topological polar surface area (TPSA) is 57.6 Å². The standard InChI is InChI=1S/C10H7F2NO3S/c11-5-1-7-8(2-6(5)12)17-4-9(14)13(7)3-10(15)16/h1-2H,3-4H2,(H,15,16). The van der Waals surface area contributed by atoms with E-state index in [1.165, 1.54) is 0 Å². The maximum absolute atomic E-state index is 13.1. The maximum atomic E-state index is 13.1. The number of halogens is 2. The minimum Gasteiger partial charge on any atom is -0.480 e. The number of carbonyl (C=O) groups is 2. The largest absolute Gasteiger partial charge is 0.480 e. The molecule has 1 aliphatic heterocycles. The first-order valence-corrected chi connectivity index (χ1v) is 5.61. The Morgan fingerprint density at radius 1 is 1.41 bits per heavy atom. The van der Waals surface area contributed by atoms with E-state index in [2.05, 4.69) is 0 Å². The van der Waals surface area contributed by atoms with E-state index < -0.39 is 30.1 Å². The third-order valence-electron chi connectivity index (χ3n) is 2.24. The van der Waals surface area contributed by atoms with Crippen LogP contribution in [0.5, 0.6) is 0 Å². The Morgan fingerprint density at radius 3 is 2.71 bits per heavy atom. The van der Waals surface area contributed by atoms with Gasteiger partial charge in [0.1, 0.15) is 6.54 Å². The number of hydrogen-bond acceptors (Lipinski definition) is 3. The predicted molar refractivity (Wildman–Crippen MR) is 57.1 cm³/mol. The summed E-state index contributed by atoms with van der Waals surface area (Å²) in [6.45, 7) is -0.558. The number of anilines is 1. The van der Waals surface area contributed by atoms with Crippen LogP contribution < -0.4 is 4.90 Å². The van der Waals surface area contributed by atoms with E-state index in [-0.39, 0.29) is 11.4 Å². The molecule has 7 heteroatoms. The van der Waals surface area contributed by atoms with Crippen molar-refractivity contribution in [3.63, 3.8) is 0 Å². The number of carbonyl (C=O) groups excluding carboxylic acids is 1. The number of carboxylic acid groups (broad SMARTS) is 1. The van der Waals surface area contributed by atoms with Gasteiger partial charge in [0, 0.05) is 11.0 Å². The average molecular weight is 259 g/mol. The highest BCUT2D eigenvalue weighted by Crippen LogP contribution is 2.36. The van der Waals surface area contributed by atoms with Gasteiger partial charge in [-0.05, 0) is 6.07 Å². The van der Waals surface area contributed by atoms with Gasteiger partial charge in [0.25, 0.3) is 0 Å². The van der Waals surface area contributed by atoms with Gasteiger partial charge in [0.05, 0.1) is 11.4 Å². The molecule has 0 spiro atoms. The number of nitrogens with zero attached hydrogens (tertiary/aromatic N) is 1. The molecular formula is C10H7F2NO3S. The Labute approximate surface area is 99.2 Å². The van der Waals surface area contributed by atoms with Gasteiger partial charge in [0.2, 0.25) is 5.91 Å². The highest BCUT2D eigenvalue weighted by molar-refractivity contribution is 8.00. The van der Waals surface area contributed by atoms with Gasteiger partial charge in [0.15, 0.2) is 11.6 Å². The fraction of sp³-hybridized carbons (Fsp3) is 0.200. The first-order valence-electron chi connectivity index (χ1n) is 4.63. The number of carboxylic acids is 1. The second-order valence-corrected chi connectivity index (χ2v) is 4.41. The van der Waals surface area contributed by atoms with E-state index in [9.17, 15) is 18.4 Å². The second kappa shape index (κ2) is 4.33. The van der Waals surface area contributed by atoms with Crippen LogP contribution in [0.2, 0.25) is 0 Å². The SMILES string of the molecule is O=C(O)CN1C(=O)CSc2cc(F)c(F)cc21. The number of aliphatic carboxylic acids is 1. The molecule has 1 aromatic rings. The fourth-order valence-electron chi connectivity index (χ4n) is 1.50. The molecule has 0 aliphatic carbocycles. The van der Waals surface area contributed by atoms with Crippen LogP contribution in [0, 0.1) is 11.6 Å². The van der Waals surface area contributed by atoms with Crippen LogP contribution in [-0.2, 0) is 9.59 Å². The number of amides is 1. The van der Waals surface area contributed by atoms with Crippen LogP contribution in [0.15, 0.2) is 17.0 Å². The van der Waals surface area contributed by atoms with Gasteiger partial charge in [-0.15, -0.1) is 11.8 Å². The number of thioether (sulfide) groups is 1. The zero-order valence-corrected chi connectivity index (χ0v) is 9.26. The number of rotatable bonds is 2. The van der Waals surface area contributed by atoms with Crippen LogP contribution in [-0.4, -0.2) is 29.3 Å². The minimum atomic E-state index is -1.21. The summed E-state index contributed by atoms with van der Waals surface area (Å²) < 4.78 is 26.1. The Hall–Kier alpha value is -1.63. The highest BCUT2D eigenvalue weighted by Gasteiger charge is 2.27. The molecule has 90 valence electrons. The Balaban J connectivity index is 2.47. The van der Waals surface area contributed by atoms with E-state index >= 15 is 0 Å². The lowest BCUT2D eigenvalue weighted by molar-refractivity contribution is -0.136. The zero-order valence-electron chi connectivity index (χ0n) is 8.44. The summed E-state index contributed by atoms with van der Waals surface area (Å²) in [5.74, 6) is -3.74. The summed E-state index contributed by atoms with van der Waals surface area (Å²) in [6, 6.07) is 1.81. The Morgan fingerprint density at radius 2 is 2.06 bits per heavy atom. The molecule has 0 saturated carbocycles. The van der Waals surface area contributed by atoms with Gasteiger partial charge in [-0.2, -0.15) is 0 Å². The highest BCUT2D eigenvalue weighted by atomic mass is 32.2. The summed E-state index contributed by atoms with van der Waals surface area (Å²) in [6.07, 6.45) is 0. The smallest absolute Gasteiger partial charge is 0.323 e. The molecule has 0 fully saturated rings. The molecule has 0 unspecified atom stereocenters. The van der Waals surface area contributed by atoms with Gasteiger partial charge >= 0.3 is 5.97 Å². The summed E-state index contributed by atoms with van der Waals surface area (Å²) in [7, 11) is 0. The second-order valence-electron chi connectivity index (χ2n) is 3.40. The first kappa shape index (κ1) is 11.8. The number of hydrogen-bond donors (Lipinski definition) is 1. The van der Waals surface area contributed by atoms with E-state index in [1.54, 1.807) is 0 Å². The molecule has 17 heavy (non-hydrogen) atoms. The van der Waals surface area contributed by atoms with Crippen molar-refractivity contribution in [1.82, 2.24) is 0 Å². The van der Waals surface area contributed by atoms with Crippen molar-refractivity contribution < 1.29 is 23.5 Å². The summed E-state index contributed by atoms with van der Waals surface area (Å²) in [5, 5.41) is 8.66. The molecule has 0 saturated heterocycles. The fourth-order valence-corrected chi connectivity index (χ4v) is 2.44. The van der Waals surface area contributed by atoms with Crippen molar-refractivity contribution in [3.05, 3.63) is 23.8 Å². The molecule has 4 nitrogen and oxygen atoms in total. The molecule has 1 aromatic carbocycles. The van der Waals surface area contributed by atoms with Crippen LogP contribution in [0.25, 0.3) is 0 Å². The first-order chi connectivity index (χ1) is 7.99. The molecule has 0 radical (unpaired) electrons. The van der Waals surface area contributed by atoms with Crippen LogP contribution in [0.4, 0.5) is 14.5 Å². The van der Waals surface area contributed by atoms with Crippen LogP contribution >= 0.6 is 11.8 Å². The van der Waals surface area contributed by atoms with Crippen LogP contribution in [0.3, 0.4) is 0 Å². The molecule has 1 aliphatic rings. The van der Waals surface area contributed by atoms with Crippen molar-refractivity contribution in [2.45, 2.75) is 4.90 Å². The summed E-state index contributed by atoms with van der Waals surface area (Å²) in [5.41, 5.74) is 0.104. The van der Waals surface area contributed by atoms with Gasteiger partial charge in [-0.1, -0.05) is 0 Å². The third kappa shape index (κ3) is 2.23. The van der Waals surface area contributed by atoms with Crippen molar-refractivity contribution in [2.75, 3.05) is 17.2 Å². The maximum Gasteiger partial charge on any atom is 0.323 e.